The van der Waals surface area contributed by atoms with Gasteiger partial charge in [0, 0.05) is 38.2 Å². The van der Waals surface area contributed by atoms with Gasteiger partial charge in [0.2, 0.25) is 5.91 Å². The van der Waals surface area contributed by atoms with Crippen molar-refractivity contribution in [2.45, 2.75) is 25.5 Å². The summed E-state index contributed by atoms with van der Waals surface area (Å²) >= 11 is 1.59. The largest absolute Gasteiger partial charge is 0.376 e. The first kappa shape index (κ1) is 17.8. The van der Waals surface area contributed by atoms with E-state index >= 15 is 0 Å². The van der Waals surface area contributed by atoms with Crippen LogP contribution in [-0.4, -0.2) is 40.0 Å². The quantitative estimate of drug-likeness (QED) is 0.609. The second kappa shape index (κ2) is 8.41. The number of benzene rings is 1. The number of aromatic nitrogens is 2. The van der Waals surface area contributed by atoms with E-state index in [-0.39, 0.29) is 12.0 Å². The Bertz CT molecular complexity index is 900. The molecule has 0 radical (unpaired) electrons. The fraction of sp³-hybridized carbons (Fsp3) is 0.286. The van der Waals surface area contributed by atoms with Crippen LogP contribution in [0.5, 0.6) is 0 Å². The maximum Gasteiger partial charge on any atom is 0.247 e. The zero-order valence-corrected chi connectivity index (χ0v) is 15.8. The van der Waals surface area contributed by atoms with Crippen molar-refractivity contribution in [2.24, 2.45) is 0 Å². The minimum Gasteiger partial charge on any atom is -0.376 e. The van der Waals surface area contributed by atoms with Crippen molar-refractivity contribution in [1.82, 2.24) is 14.9 Å². The minimum atomic E-state index is -0.0263. The summed E-state index contributed by atoms with van der Waals surface area (Å²) in [5.41, 5.74) is 2.02. The van der Waals surface area contributed by atoms with E-state index in [1.54, 1.807) is 29.8 Å². The average Bonchev–Trinajstić information content (AvgIpc) is 3.35. The number of ether oxygens (including phenoxy) is 1. The van der Waals surface area contributed by atoms with Crippen LogP contribution in [0.3, 0.4) is 0 Å². The second-order valence-electron chi connectivity index (χ2n) is 6.56. The summed E-state index contributed by atoms with van der Waals surface area (Å²) in [4.78, 5) is 23.3. The fourth-order valence-electron chi connectivity index (χ4n) is 3.18. The molecule has 1 atom stereocenters. The molecule has 1 saturated heterocycles. The Morgan fingerprint density at radius 3 is 2.89 bits per heavy atom. The van der Waals surface area contributed by atoms with E-state index in [2.05, 4.69) is 9.97 Å². The number of carbonyl (C=O) groups excluding carboxylic acids is 1. The van der Waals surface area contributed by atoms with Gasteiger partial charge in [-0.1, -0.05) is 12.1 Å². The van der Waals surface area contributed by atoms with Crippen LogP contribution in [0, 0.1) is 0 Å². The molecule has 0 aliphatic carbocycles. The molecule has 1 aliphatic heterocycles. The van der Waals surface area contributed by atoms with Gasteiger partial charge in [-0.05, 0) is 48.7 Å². The molecule has 0 saturated carbocycles. The van der Waals surface area contributed by atoms with Gasteiger partial charge in [0.25, 0.3) is 0 Å². The van der Waals surface area contributed by atoms with Crippen LogP contribution in [0.4, 0.5) is 0 Å². The molecule has 6 heteroatoms. The molecule has 1 amide bonds. The topological polar surface area (TPSA) is 55.3 Å². The maximum atomic E-state index is 12.9. The van der Waals surface area contributed by atoms with E-state index in [0.717, 1.165) is 40.2 Å². The number of pyridine rings is 1. The van der Waals surface area contributed by atoms with Crippen LogP contribution < -0.4 is 0 Å². The third-order valence-electron chi connectivity index (χ3n) is 4.56. The van der Waals surface area contributed by atoms with Gasteiger partial charge in [-0.2, -0.15) is 0 Å². The summed E-state index contributed by atoms with van der Waals surface area (Å²) in [6.07, 6.45) is 9.11. The van der Waals surface area contributed by atoms with E-state index in [4.69, 9.17) is 4.74 Å². The smallest absolute Gasteiger partial charge is 0.247 e. The van der Waals surface area contributed by atoms with Crippen molar-refractivity contribution in [2.75, 3.05) is 13.2 Å². The van der Waals surface area contributed by atoms with Crippen molar-refractivity contribution in [3.05, 3.63) is 65.4 Å². The lowest BCUT2D eigenvalue weighted by Gasteiger charge is -2.24. The highest BCUT2D eigenvalue weighted by molar-refractivity contribution is 7.19. The molecule has 1 unspecified atom stereocenters. The van der Waals surface area contributed by atoms with Gasteiger partial charge < -0.3 is 9.64 Å². The Balaban J connectivity index is 1.49. The third-order valence-corrected chi connectivity index (χ3v) is 5.56. The molecule has 5 nitrogen and oxygen atoms in total. The van der Waals surface area contributed by atoms with Gasteiger partial charge in [0.15, 0.2) is 0 Å². The van der Waals surface area contributed by atoms with E-state index in [1.165, 1.54) is 0 Å². The lowest BCUT2D eigenvalue weighted by molar-refractivity contribution is -0.128. The zero-order valence-electron chi connectivity index (χ0n) is 15.0. The SMILES string of the molecule is O=C(C=Cc1nc2ccccc2s1)N(Cc1ccncc1)CC1CCCO1. The molecule has 0 spiro atoms. The van der Waals surface area contributed by atoms with Crippen LogP contribution in [0.2, 0.25) is 0 Å². The predicted octanol–water partition coefficient (Wildman–Crippen LogP) is 3.91. The lowest BCUT2D eigenvalue weighted by atomic mass is 10.2. The molecule has 3 heterocycles. The number of rotatable bonds is 6. The molecular formula is C21H21N3O2S. The van der Waals surface area contributed by atoms with E-state index in [1.807, 2.05) is 47.4 Å². The van der Waals surface area contributed by atoms with E-state index in [0.29, 0.717) is 13.1 Å². The molecule has 1 fully saturated rings. The summed E-state index contributed by atoms with van der Waals surface area (Å²) in [6.45, 7) is 1.93. The third kappa shape index (κ3) is 4.59. The molecule has 4 rings (SSSR count). The molecule has 0 bridgehead atoms. The highest BCUT2D eigenvalue weighted by atomic mass is 32.1. The number of para-hydroxylation sites is 1. The molecular weight excluding hydrogens is 358 g/mol. The molecule has 3 aromatic rings. The first-order chi connectivity index (χ1) is 13.3. The second-order valence-corrected chi connectivity index (χ2v) is 7.62. The number of carbonyl (C=O) groups is 1. The molecule has 2 aromatic heterocycles. The minimum absolute atomic E-state index is 0.0263. The van der Waals surface area contributed by atoms with Gasteiger partial charge in [-0.25, -0.2) is 4.98 Å². The highest BCUT2D eigenvalue weighted by Gasteiger charge is 2.21. The Morgan fingerprint density at radius 1 is 1.26 bits per heavy atom. The predicted molar refractivity (Wildman–Crippen MR) is 107 cm³/mol. The Hall–Kier alpha value is -2.57. The number of fused-ring (bicyclic) bond motifs is 1. The number of amides is 1. The van der Waals surface area contributed by atoms with Crippen molar-refractivity contribution < 1.29 is 9.53 Å². The Morgan fingerprint density at radius 2 is 2.11 bits per heavy atom. The Labute approximate surface area is 162 Å². The van der Waals surface area contributed by atoms with Crippen molar-refractivity contribution in [3.63, 3.8) is 0 Å². The number of thiazole rings is 1. The van der Waals surface area contributed by atoms with Gasteiger partial charge in [0.05, 0.1) is 16.3 Å². The molecule has 27 heavy (non-hydrogen) atoms. The van der Waals surface area contributed by atoms with Crippen molar-refractivity contribution in [3.8, 4) is 0 Å². The average molecular weight is 379 g/mol. The lowest BCUT2D eigenvalue weighted by Crippen LogP contribution is -2.35. The number of hydrogen-bond donors (Lipinski definition) is 0. The molecule has 138 valence electrons. The van der Waals surface area contributed by atoms with Gasteiger partial charge in [0.1, 0.15) is 5.01 Å². The van der Waals surface area contributed by atoms with Crippen LogP contribution in [0.15, 0.2) is 54.9 Å². The standard InChI is InChI=1S/C21H21N3O2S/c25-21(8-7-20-23-18-5-1-2-6-19(18)27-20)24(15-17-4-3-13-26-17)14-16-9-11-22-12-10-16/h1-2,5-12,17H,3-4,13-15H2. The Kier molecular flexibility index (Phi) is 5.55. The van der Waals surface area contributed by atoms with Crippen molar-refractivity contribution >= 4 is 33.5 Å². The maximum absolute atomic E-state index is 12.9. The van der Waals surface area contributed by atoms with Gasteiger partial charge in [-0.3, -0.25) is 9.78 Å². The molecule has 1 aliphatic rings. The molecule has 0 N–H and O–H groups in total. The summed E-state index contributed by atoms with van der Waals surface area (Å²) in [6, 6.07) is 11.9. The van der Waals surface area contributed by atoms with Crippen LogP contribution in [0.25, 0.3) is 16.3 Å². The summed E-state index contributed by atoms with van der Waals surface area (Å²) < 4.78 is 6.86. The van der Waals surface area contributed by atoms with Crippen LogP contribution in [-0.2, 0) is 16.1 Å². The van der Waals surface area contributed by atoms with Crippen LogP contribution in [0.1, 0.15) is 23.4 Å². The summed E-state index contributed by atoms with van der Waals surface area (Å²) in [7, 11) is 0. The summed E-state index contributed by atoms with van der Waals surface area (Å²) in [5, 5.41) is 0.838. The number of hydrogen-bond acceptors (Lipinski definition) is 5. The van der Waals surface area contributed by atoms with Gasteiger partial charge in [-0.15, -0.1) is 11.3 Å². The summed E-state index contributed by atoms with van der Waals surface area (Å²) in [5.74, 6) is -0.0263. The van der Waals surface area contributed by atoms with Gasteiger partial charge >= 0.3 is 0 Å². The van der Waals surface area contributed by atoms with Crippen molar-refractivity contribution in [1.29, 1.82) is 0 Å². The normalized spacial score (nSPS) is 17.0. The van der Waals surface area contributed by atoms with E-state index in [9.17, 15) is 4.79 Å². The first-order valence-corrected chi connectivity index (χ1v) is 9.93. The van der Waals surface area contributed by atoms with Crippen LogP contribution >= 0.6 is 11.3 Å². The number of nitrogens with zero attached hydrogens (tertiary/aromatic N) is 3. The van der Waals surface area contributed by atoms with E-state index < -0.39 is 0 Å². The zero-order chi connectivity index (χ0) is 18.5. The first-order valence-electron chi connectivity index (χ1n) is 9.11. The highest BCUT2D eigenvalue weighted by Crippen LogP contribution is 2.22. The fourth-order valence-corrected chi connectivity index (χ4v) is 4.05. The monoisotopic (exact) mass is 379 g/mol. The molecule has 1 aromatic carbocycles.